The second-order valence-corrected chi connectivity index (χ2v) is 7.11. The summed E-state index contributed by atoms with van der Waals surface area (Å²) in [5.41, 5.74) is 5.94. The lowest BCUT2D eigenvalue weighted by Gasteiger charge is -2.40. The molecule has 23 heavy (non-hydrogen) atoms. The number of pyridine rings is 1. The van der Waals surface area contributed by atoms with E-state index in [0.717, 1.165) is 12.1 Å². The molecule has 0 amide bonds. The summed E-state index contributed by atoms with van der Waals surface area (Å²) in [4.78, 5) is 2.00. The van der Waals surface area contributed by atoms with Crippen LogP contribution in [0.2, 0.25) is 0 Å². The molecule has 0 aliphatic carbocycles. The Balaban J connectivity index is 2.32. The zero-order chi connectivity index (χ0) is 17.4. The molecule has 0 spiro atoms. The lowest BCUT2D eigenvalue weighted by atomic mass is 10.1. The minimum Gasteiger partial charge on any atom is -0.340 e. The molecule has 0 bridgehead atoms. The maximum Gasteiger partial charge on any atom is 0.310 e. The van der Waals surface area contributed by atoms with Gasteiger partial charge in [-0.2, -0.15) is 0 Å². The number of anilines is 2. The molecule has 2 rings (SSSR count). The number of rotatable bonds is 5. The van der Waals surface area contributed by atoms with Gasteiger partial charge < -0.3 is 16.5 Å². The fourth-order valence-corrected chi connectivity index (χ4v) is 2.44. The van der Waals surface area contributed by atoms with Crippen molar-refractivity contribution in [1.82, 2.24) is 4.98 Å². The van der Waals surface area contributed by atoms with Crippen LogP contribution in [-0.4, -0.2) is 17.2 Å². The molecule has 126 valence electrons. The topological polar surface area (TPSA) is 74.8 Å². The Kier molecular flexibility index (Phi) is 3.65. The Bertz CT molecular complexity index is 743. The molecule has 4 nitrogen and oxygen atoms in total. The van der Waals surface area contributed by atoms with Crippen molar-refractivity contribution in [3.63, 3.8) is 0 Å². The average molecular weight is 352 g/mol. The highest BCUT2D eigenvalue weighted by Gasteiger charge is 2.65. The first-order valence-electron chi connectivity index (χ1n) is 6.25. The molecule has 0 atom stereocenters. The predicted molar refractivity (Wildman–Crippen MR) is 81.2 cm³/mol. The van der Waals surface area contributed by atoms with Gasteiger partial charge in [-0.05, 0) is 36.4 Å². The summed E-state index contributed by atoms with van der Waals surface area (Å²) in [6.45, 7) is -0.0521. The van der Waals surface area contributed by atoms with Crippen molar-refractivity contribution in [2.24, 2.45) is 5.73 Å². The quantitative estimate of drug-likeness (QED) is 0.534. The van der Waals surface area contributed by atoms with Gasteiger partial charge >= 0.3 is 10.2 Å². The van der Waals surface area contributed by atoms with Crippen molar-refractivity contribution in [2.75, 3.05) is 11.9 Å². The summed E-state index contributed by atoms with van der Waals surface area (Å²) in [6, 6.07) is 5.49. The highest BCUT2D eigenvalue weighted by atomic mass is 32.5. The molecule has 1 heterocycles. The van der Waals surface area contributed by atoms with Crippen molar-refractivity contribution >= 4 is 27.4 Å². The number of halogens is 5. The monoisotopic (exact) mass is 352 g/mol. The number of hydrogen-bond acceptors (Lipinski definition) is 4. The molecule has 2 aromatic rings. The van der Waals surface area contributed by atoms with Crippen LogP contribution in [0.1, 0.15) is 5.56 Å². The van der Waals surface area contributed by atoms with Gasteiger partial charge in [-0.3, -0.25) is 0 Å². The smallest absolute Gasteiger partial charge is 0.310 e. The Morgan fingerprint density at radius 2 is 1.70 bits per heavy atom. The van der Waals surface area contributed by atoms with Gasteiger partial charge in [-0.15, -0.1) is 0 Å². The largest absolute Gasteiger partial charge is 0.340 e. The zero-order valence-electron chi connectivity index (χ0n) is 11.6. The molecule has 0 radical (unpaired) electrons. The number of nitrogens with one attached hydrogen (secondary N) is 2. The zero-order valence-corrected chi connectivity index (χ0v) is 12.4. The molecular weight excluding hydrogens is 339 g/mol. The third kappa shape index (κ3) is 4.17. The highest BCUT2D eigenvalue weighted by molar-refractivity contribution is 8.45. The lowest BCUT2D eigenvalue weighted by molar-refractivity contribution is 0.364. The highest BCUT2D eigenvalue weighted by Crippen LogP contribution is 3.02. The number of nitrogens with two attached hydrogens (primary N) is 1. The van der Waals surface area contributed by atoms with Gasteiger partial charge in [-0.25, -0.2) is 4.98 Å². The normalized spacial score (nSPS) is 14.7. The first kappa shape index (κ1) is 17.2. The Morgan fingerprint density at radius 1 is 1.09 bits per heavy atom. The van der Waals surface area contributed by atoms with Gasteiger partial charge in [0, 0.05) is 24.0 Å². The van der Waals surface area contributed by atoms with Gasteiger partial charge in [0.15, 0.2) is 0 Å². The van der Waals surface area contributed by atoms with Crippen LogP contribution in [0, 0.1) is 5.41 Å². The second kappa shape index (κ2) is 4.90. The lowest BCUT2D eigenvalue weighted by Crippen LogP contribution is -2.15. The van der Waals surface area contributed by atoms with Crippen LogP contribution in [0.25, 0.3) is 0 Å². The fraction of sp³-hybridized carbons (Fsp3) is 0.0769. The average Bonchev–Trinajstić information content (AvgIpc) is 2.45. The van der Waals surface area contributed by atoms with E-state index in [-0.39, 0.29) is 23.8 Å². The number of aromatic nitrogens is 1. The van der Waals surface area contributed by atoms with Gasteiger partial charge in [-0.1, -0.05) is 19.4 Å². The summed E-state index contributed by atoms with van der Waals surface area (Å²) < 4.78 is 63.2. The first-order chi connectivity index (χ1) is 10.4. The molecule has 0 saturated carbocycles. The van der Waals surface area contributed by atoms with E-state index in [9.17, 15) is 19.4 Å². The molecule has 0 aliphatic rings. The van der Waals surface area contributed by atoms with E-state index in [0.29, 0.717) is 17.7 Å². The van der Waals surface area contributed by atoms with Crippen LogP contribution in [0.4, 0.5) is 30.9 Å². The molecule has 0 unspecified atom stereocenters. The summed E-state index contributed by atoms with van der Waals surface area (Å²) in [5.74, 6) is 0.197. The van der Waals surface area contributed by atoms with Crippen LogP contribution in [0.5, 0.6) is 0 Å². The van der Waals surface area contributed by atoms with Gasteiger partial charge in [0.05, 0.1) is 5.71 Å². The molecule has 10 heteroatoms. The molecular formula is C13H13F5N4S. The van der Waals surface area contributed by atoms with E-state index >= 15 is 0 Å². The van der Waals surface area contributed by atoms with Crippen molar-refractivity contribution < 1.29 is 19.4 Å². The minimum atomic E-state index is -9.68. The van der Waals surface area contributed by atoms with E-state index < -0.39 is 15.1 Å². The predicted octanol–water partition coefficient (Wildman–Crippen LogP) is 4.81. The van der Waals surface area contributed by atoms with Crippen molar-refractivity contribution in [1.29, 1.82) is 5.41 Å². The number of hydrogen-bond donors (Lipinski definition) is 3. The Morgan fingerprint density at radius 3 is 2.22 bits per heavy atom. The second-order valence-electron chi connectivity index (χ2n) is 4.70. The summed E-state index contributed by atoms with van der Waals surface area (Å²) in [7, 11) is -9.68. The standard InChI is InChI=1S/C13H13F5N4S/c14-23(15,16,17,18)10-5-3-9(4-6-10)22-13-11(12(20)8-19)2-1-7-21-13/h1-7,20H,8,19H2,(H,21,22). The Labute approximate surface area is 128 Å². The van der Waals surface area contributed by atoms with E-state index in [1.165, 1.54) is 6.20 Å². The Hall–Kier alpha value is -2.20. The van der Waals surface area contributed by atoms with Crippen LogP contribution in [0.3, 0.4) is 0 Å². The molecule has 0 aliphatic heterocycles. The molecule has 0 saturated heterocycles. The molecule has 1 aromatic carbocycles. The summed E-state index contributed by atoms with van der Waals surface area (Å²) >= 11 is 0. The van der Waals surface area contributed by atoms with Crippen molar-refractivity contribution in [3.05, 3.63) is 48.2 Å². The minimum absolute atomic E-state index is 0.0521. The van der Waals surface area contributed by atoms with Crippen LogP contribution in [-0.2, 0) is 0 Å². The van der Waals surface area contributed by atoms with E-state index in [4.69, 9.17) is 11.1 Å². The van der Waals surface area contributed by atoms with Crippen molar-refractivity contribution in [2.45, 2.75) is 4.90 Å². The molecule has 4 N–H and O–H groups in total. The third-order valence-corrected chi connectivity index (χ3v) is 4.06. The third-order valence-electron chi connectivity index (χ3n) is 2.90. The van der Waals surface area contributed by atoms with Crippen molar-refractivity contribution in [3.8, 4) is 0 Å². The van der Waals surface area contributed by atoms with Gasteiger partial charge in [0.25, 0.3) is 0 Å². The molecule has 1 aromatic heterocycles. The first-order valence-corrected chi connectivity index (χ1v) is 8.20. The van der Waals surface area contributed by atoms with Crippen LogP contribution < -0.4 is 11.1 Å². The van der Waals surface area contributed by atoms with E-state index in [1.807, 2.05) is 0 Å². The summed E-state index contributed by atoms with van der Waals surface area (Å²) in [5, 5.41) is 10.4. The number of nitrogens with zero attached hydrogens (tertiary/aromatic N) is 1. The summed E-state index contributed by atoms with van der Waals surface area (Å²) in [6.07, 6.45) is 1.42. The maximum absolute atomic E-state index is 12.6. The van der Waals surface area contributed by atoms with Gasteiger partial charge in [0.2, 0.25) is 0 Å². The van der Waals surface area contributed by atoms with Crippen LogP contribution in [0.15, 0.2) is 47.5 Å². The SMILES string of the molecule is N=C(CN)c1cccnc1Nc1ccc(S(F)(F)(F)(F)F)cc1. The van der Waals surface area contributed by atoms with E-state index in [2.05, 4.69) is 10.3 Å². The van der Waals surface area contributed by atoms with Crippen LogP contribution >= 0.6 is 10.2 Å². The fourth-order valence-electron chi connectivity index (χ4n) is 1.79. The van der Waals surface area contributed by atoms with E-state index in [1.54, 1.807) is 12.1 Å². The van der Waals surface area contributed by atoms with Gasteiger partial charge in [0.1, 0.15) is 10.7 Å². The number of benzene rings is 1. The maximum atomic E-state index is 12.6. The molecule has 0 fully saturated rings.